The lowest BCUT2D eigenvalue weighted by atomic mass is 10.1. The minimum absolute atomic E-state index is 0.352. The van der Waals surface area contributed by atoms with Crippen LogP contribution in [-0.4, -0.2) is 42.4 Å². The van der Waals surface area contributed by atoms with Crippen LogP contribution in [0.1, 0.15) is 9.67 Å². The molecule has 0 saturated carbocycles. The Labute approximate surface area is 120 Å². The Bertz CT molecular complexity index is 606. The van der Waals surface area contributed by atoms with Crippen molar-refractivity contribution in [2.75, 3.05) is 31.2 Å². The summed E-state index contributed by atoms with van der Waals surface area (Å²) in [5.74, 6) is -0.889. The average Bonchev–Trinajstić information content (AvgIpc) is 2.94. The fourth-order valence-corrected chi connectivity index (χ4v) is 3.29. The van der Waals surface area contributed by atoms with Crippen molar-refractivity contribution in [1.82, 2.24) is 4.98 Å². The van der Waals surface area contributed by atoms with E-state index in [1.165, 1.54) is 11.3 Å². The van der Waals surface area contributed by atoms with Gasteiger partial charge in [-0.25, -0.2) is 4.79 Å². The summed E-state index contributed by atoms with van der Waals surface area (Å²) in [5, 5.41) is 10.2. The molecule has 0 bridgehead atoms. The lowest BCUT2D eigenvalue weighted by molar-refractivity contribution is 0.0702. The smallest absolute Gasteiger partial charge is 0.345 e. The minimum Gasteiger partial charge on any atom is -0.477 e. The monoisotopic (exact) mass is 290 g/mol. The van der Waals surface area contributed by atoms with Crippen molar-refractivity contribution in [3.63, 3.8) is 0 Å². The highest BCUT2D eigenvalue weighted by Crippen LogP contribution is 2.39. The third-order valence-electron chi connectivity index (χ3n) is 3.19. The Morgan fingerprint density at radius 3 is 2.85 bits per heavy atom. The van der Waals surface area contributed by atoms with Crippen LogP contribution in [0.2, 0.25) is 0 Å². The Morgan fingerprint density at radius 2 is 2.20 bits per heavy atom. The first kappa shape index (κ1) is 13.1. The van der Waals surface area contributed by atoms with Crippen LogP contribution in [0.5, 0.6) is 0 Å². The van der Waals surface area contributed by atoms with Gasteiger partial charge in [-0.05, 0) is 12.1 Å². The Morgan fingerprint density at radius 1 is 1.40 bits per heavy atom. The fourth-order valence-electron chi connectivity index (χ4n) is 2.22. The largest absolute Gasteiger partial charge is 0.477 e. The van der Waals surface area contributed by atoms with E-state index in [0.29, 0.717) is 18.1 Å². The summed E-state index contributed by atoms with van der Waals surface area (Å²) < 4.78 is 5.36. The molecule has 0 radical (unpaired) electrons. The normalized spacial score (nSPS) is 15.3. The predicted octanol–water partition coefficient (Wildman–Crippen LogP) is 2.34. The van der Waals surface area contributed by atoms with E-state index in [1.54, 1.807) is 18.5 Å². The third-order valence-corrected chi connectivity index (χ3v) is 4.38. The van der Waals surface area contributed by atoms with Crippen molar-refractivity contribution < 1.29 is 14.6 Å². The zero-order valence-corrected chi connectivity index (χ0v) is 11.6. The number of ether oxygens (including phenoxy) is 1. The lowest BCUT2D eigenvalue weighted by Gasteiger charge is -2.28. The highest BCUT2D eigenvalue weighted by atomic mass is 32.1. The van der Waals surface area contributed by atoms with Crippen molar-refractivity contribution in [2.45, 2.75) is 0 Å². The zero-order chi connectivity index (χ0) is 13.9. The number of pyridine rings is 1. The molecule has 1 aliphatic rings. The molecule has 3 rings (SSSR count). The van der Waals surface area contributed by atoms with Gasteiger partial charge in [-0.2, -0.15) is 0 Å². The van der Waals surface area contributed by atoms with Crippen LogP contribution < -0.4 is 4.90 Å². The molecule has 5 nitrogen and oxygen atoms in total. The molecule has 1 saturated heterocycles. The molecule has 2 aromatic rings. The molecule has 2 aromatic heterocycles. The molecular formula is C14H14N2O3S. The number of hydrogen-bond acceptors (Lipinski definition) is 5. The Kier molecular flexibility index (Phi) is 3.66. The molecule has 0 unspecified atom stereocenters. The molecule has 1 N–H and O–H groups in total. The summed E-state index contributed by atoms with van der Waals surface area (Å²) in [6.07, 6.45) is 3.47. The van der Waals surface area contributed by atoms with Crippen LogP contribution in [0.3, 0.4) is 0 Å². The van der Waals surface area contributed by atoms with Gasteiger partial charge < -0.3 is 14.7 Å². The Hall–Kier alpha value is -1.92. The van der Waals surface area contributed by atoms with E-state index in [9.17, 15) is 9.90 Å². The van der Waals surface area contributed by atoms with E-state index in [4.69, 9.17) is 4.74 Å². The van der Waals surface area contributed by atoms with Crippen molar-refractivity contribution in [3.8, 4) is 11.1 Å². The topological polar surface area (TPSA) is 62.7 Å². The van der Waals surface area contributed by atoms with Gasteiger partial charge in [-0.1, -0.05) is 6.07 Å². The third kappa shape index (κ3) is 2.52. The Balaban J connectivity index is 2.04. The molecule has 1 fully saturated rings. The second-order valence-corrected chi connectivity index (χ2v) is 5.51. The van der Waals surface area contributed by atoms with E-state index in [-0.39, 0.29) is 0 Å². The van der Waals surface area contributed by atoms with Crippen LogP contribution in [0.25, 0.3) is 11.1 Å². The SMILES string of the molecule is O=C(O)c1cc(-c2cccnc2)c(N2CCOCC2)s1. The van der Waals surface area contributed by atoms with Gasteiger partial charge in [-0.3, -0.25) is 4.98 Å². The molecule has 20 heavy (non-hydrogen) atoms. The minimum atomic E-state index is -0.889. The molecular weight excluding hydrogens is 276 g/mol. The molecule has 6 heteroatoms. The average molecular weight is 290 g/mol. The number of aromatic carboxylic acids is 1. The molecule has 0 amide bonds. The van der Waals surface area contributed by atoms with Crippen LogP contribution in [0, 0.1) is 0 Å². The maximum atomic E-state index is 11.2. The molecule has 104 valence electrons. The first-order chi connectivity index (χ1) is 9.75. The number of aromatic nitrogens is 1. The van der Waals surface area contributed by atoms with Crippen LogP contribution in [0.15, 0.2) is 30.6 Å². The fraction of sp³-hybridized carbons (Fsp3) is 0.286. The maximum Gasteiger partial charge on any atom is 0.345 e. The van der Waals surface area contributed by atoms with Gasteiger partial charge in [-0.15, -0.1) is 11.3 Å². The van der Waals surface area contributed by atoms with E-state index in [1.807, 2.05) is 12.1 Å². The van der Waals surface area contributed by atoms with E-state index >= 15 is 0 Å². The summed E-state index contributed by atoms with van der Waals surface area (Å²) in [7, 11) is 0. The number of carboxylic acid groups (broad SMARTS) is 1. The van der Waals surface area contributed by atoms with Crippen molar-refractivity contribution in [3.05, 3.63) is 35.5 Å². The van der Waals surface area contributed by atoms with E-state index < -0.39 is 5.97 Å². The molecule has 0 aromatic carbocycles. The van der Waals surface area contributed by atoms with Crippen molar-refractivity contribution >= 4 is 22.3 Å². The van der Waals surface area contributed by atoms with Crippen molar-refractivity contribution in [2.24, 2.45) is 0 Å². The molecule has 1 aliphatic heterocycles. The first-order valence-electron chi connectivity index (χ1n) is 6.36. The summed E-state index contributed by atoms with van der Waals surface area (Å²) in [6, 6.07) is 5.54. The quantitative estimate of drug-likeness (QED) is 0.940. The maximum absolute atomic E-state index is 11.2. The number of rotatable bonds is 3. The van der Waals surface area contributed by atoms with Crippen LogP contribution >= 0.6 is 11.3 Å². The molecule has 0 aliphatic carbocycles. The van der Waals surface area contributed by atoms with Gasteiger partial charge in [0.05, 0.1) is 18.2 Å². The standard InChI is InChI=1S/C14H14N2O3S/c17-14(18)12-8-11(10-2-1-3-15-9-10)13(20-12)16-4-6-19-7-5-16/h1-3,8-9H,4-7H2,(H,17,18). The number of thiophene rings is 1. The van der Waals surface area contributed by atoms with Gasteiger partial charge in [0.1, 0.15) is 4.88 Å². The van der Waals surface area contributed by atoms with E-state index in [2.05, 4.69) is 9.88 Å². The summed E-state index contributed by atoms with van der Waals surface area (Å²) in [4.78, 5) is 17.9. The molecule has 0 spiro atoms. The zero-order valence-electron chi connectivity index (χ0n) is 10.8. The van der Waals surface area contributed by atoms with Crippen molar-refractivity contribution in [1.29, 1.82) is 0 Å². The van der Waals surface area contributed by atoms with Gasteiger partial charge in [0.15, 0.2) is 0 Å². The second kappa shape index (κ2) is 5.60. The summed E-state index contributed by atoms with van der Waals surface area (Å²) in [6.45, 7) is 2.92. The predicted molar refractivity (Wildman–Crippen MR) is 77.5 cm³/mol. The van der Waals surface area contributed by atoms with Gasteiger partial charge in [0.2, 0.25) is 0 Å². The summed E-state index contributed by atoms with van der Waals surface area (Å²) in [5.41, 5.74) is 1.88. The van der Waals surface area contributed by atoms with Crippen LogP contribution in [0.4, 0.5) is 5.00 Å². The number of hydrogen-bond donors (Lipinski definition) is 1. The summed E-state index contributed by atoms with van der Waals surface area (Å²) >= 11 is 1.31. The molecule has 3 heterocycles. The number of nitrogens with zero attached hydrogens (tertiary/aromatic N) is 2. The second-order valence-electron chi connectivity index (χ2n) is 4.48. The highest BCUT2D eigenvalue weighted by Gasteiger charge is 2.21. The number of carboxylic acids is 1. The number of morpholine rings is 1. The lowest BCUT2D eigenvalue weighted by Crippen LogP contribution is -2.35. The first-order valence-corrected chi connectivity index (χ1v) is 7.17. The van der Waals surface area contributed by atoms with E-state index in [0.717, 1.165) is 29.2 Å². The van der Waals surface area contributed by atoms with Gasteiger partial charge >= 0.3 is 5.97 Å². The molecule has 0 atom stereocenters. The number of carbonyl (C=O) groups is 1. The van der Waals surface area contributed by atoms with Crippen LogP contribution in [-0.2, 0) is 4.74 Å². The number of anilines is 1. The highest BCUT2D eigenvalue weighted by molar-refractivity contribution is 7.18. The van der Waals surface area contributed by atoms with Gasteiger partial charge in [0, 0.05) is 36.6 Å². The van der Waals surface area contributed by atoms with Gasteiger partial charge in [0.25, 0.3) is 0 Å².